The SMILES string of the molecule is COCC(C)Nc1cc(F)cc(F)c1F. The van der Waals surface area contributed by atoms with E-state index in [1.165, 1.54) is 7.11 Å². The molecule has 0 fully saturated rings. The molecule has 1 N–H and O–H groups in total. The summed E-state index contributed by atoms with van der Waals surface area (Å²) in [4.78, 5) is 0. The molecule has 0 aliphatic rings. The molecule has 1 unspecified atom stereocenters. The van der Waals surface area contributed by atoms with Crippen LogP contribution in [0.25, 0.3) is 0 Å². The Balaban J connectivity index is 2.84. The van der Waals surface area contributed by atoms with E-state index in [2.05, 4.69) is 5.32 Å². The van der Waals surface area contributed by atoms with E-state index >= 15 is 0 Å². The summed E-state index contributed by atoms with van der Waals surface area (Å²) in [5, 5.41) is 2.61. The van der Waals surface area contributed by atoms with E-state index in [-0.39, 0.29) is 11.7 Å². The third kappa shape index (κ3) is 3.13. The van der Waals surface area contributed by atoms with Crippen LogP contribution < -0.4 is 5.32 Å². The fourth-order valence-corrected chi connectivity index (χ4v) is 1.22. The van der Waals surface area contributed by atoms with Gasteiger partial charge in [0.05, 0.1) is 12.3 Å². The van der Waals surface area contributed by atoms with Gasteiger partial charge in [-0.3, -0.25) is 0 Å². The van der Waals surface area contributed by atoms with E-state index in [4.69, 9.17) is 4.74 Å². The number of rotatable bonds is 4. The van der Waals surface area contributed by atoms with Gasteiger partial charge in [0.25, 0.3) is 0 Å². The Kier molecular flexibility index (Phi) is 3.96. The van der Waals surface area contributed by atoms with Crippen LogP contribution in [0.15, 0.2) is 12.1 Å². The van der Waals surface area contributed by atoms with E-state index in [9.17, 15) is 13.2 Å². The van der Waals surface area contributed by atoms with Gasteiger partial charge in [-0.05, 0) is 6.92 Å². The molecule has 5 heteroatoms. The van der Waals surface area contributed by atoms with Crippen LogP contribution in [0, 0.1) is 17.5 Å². The van der Waals surface area contributed by atoms with Gasteiger partial charge in [0, 0.05) is 25.3 Å². The van der Waals surface area contributed by atoms with Gasteiger partial charge in [0.1, 0.15) is 5.82 Å². The largest absolute Gasteiger partial charge is 0.383 e. The van der Waals surface area contributed by atoms with Gasteiger partial charge in [-0.15, -0.1) is 0 Å². The lowest BCUT2D eigenvalue weighted by molar-refractivity contribution is 0.190. The molecular weight excluding hydrogens is 207 g/mol. The number of hydrogen-bond donors (Lipinski definition) is 1. The first-order valence-electron chi connectivity index (χ1n) is 4.44. The van der Waals surface area contributed by atoms with Crippen molar-refractivity contribution in [3.8, 4) is 0 Å². The highest BCUT2D eigenvalue weighted by Crippen LogP contribution is 2.19. The molecule has 0 amide bonds. The van der Waals surface area contributed by atoms with Crippen molar-refractivity contribution >= 4 is 5.69 Å². The maximum atomic E-state index is 13.1. The zero-order valence-corrected chi connectivity index (χ0v) is 8.48. The first kappa shape index (κ1) is 11.8. The number of anilines is 1. The Morgan fingerprint density at radius 1 is 1.33 bits per heavy atom. The quantitative estimate of drug-likeness (QED) is 0.786. The van der Waals surface area contributed by atoms with Crippen LogP contribution in [-0.2, 0) is 4.74 Å². The first-order chi connectivity index (χ1) is 7.04. The smallest absolute Gasteiger partial charge is 0.182 e. The molecular formula is C10H12F3NO. The number of ether oxygens (including phenoxy) is 1. The van der Waals surface area contributed by atoms with Crippen LogP contribution in [0.5, 0.6) is 0 Å². The summed E-state index contributed by atoms with van der Waals surface area (Å²) in [5.74, 6) is -3.11. The normalized spacial score (nSPS) is 12.6. The zero-order valence-electron chi connectivity index (χ0n) is 8.48. The van der Waals surface area contributed by atoms with E-state index < -0.39 is 17.5 Å². The summed E-state index contributed by atoms with van der Waals surface area (Å²) < 4.78 is 43.5. The molecule has 0 spiro atoms. The van der Waals surface area contributed by atoms with Crippen LogP contribution in [0.2, 0.25) is 0 Å². The van der Waals surface area contributed by atoms with E-state index in [1.54, 1.807) is 6.92 Å². The van der Waals surface area contributed by atoms with Gasteiger partial charge in [0.2, 0.25) is 0 Å². The van der Waals surface area contributed by atoms with Gasteiger partial charge in [-0.25, -0.2) is 13.2 Å². The average Bonchev–Trinajstić information content (AvgIpc) is 2.13. The zero-order chi connectivity index (χ0) is 11.4. The van der Waals surface area contributed by atoms with Crippen molar-refractivity contribution in [2.75, 3.05) is 19.0 Å². The molecule has 0 radical (unpaired) electrons. The molecule has 0 heterocycles. The minimum absolute atomic E-state index is 0.197. The van der Waals surface area contributed by atoms with E-state index in [0.29, 0.717) is 12.7 Å². The Labute approximate surface area is 86.1 Å². The molecule has 0 aliphatic carbocycles. The Hall–Kier alpha value is -1.23. The monoisotopic (exact) mass is 219 g/mol. The lowest BCUT2D eigenvalue weighted by Gasteiger charge is -2.14. The lowest BCUT2D eigenvalue weighted by atomic mass is 10.2. The highest BCUT2D eigenvalue weighted by Gasteiger charge is 2.12. The minimum atomic E-state index is -1.21. The molecule has 1 atom stereocenters. The number of benzene rings is 1. The summed E-state index contributed by atoms with van der Waals surface area (Å²) in [5.41, 5.74) is -0.197. The molecule has 2 nitrogen and oxygen atoms in total. The fourth-order valence-electron chi connectivity index (χ4n) is 1.22. The van der Waals surface area contributed by atoms with Crippen LogP contribution in [0.4, 0.5) is 18.9 Å². The topological polar surface area (TPSA) is 21.3 Å². The van der Waals surface area contributed by atoms with E-state index in [0.717, 1.165) is 6.07 Å². The molecule has 0 bridgehead atoms. The molecule has 0 aliphatic heterocycles. The lowest BCUT2D eigenvalue weighted by Crippen LogP contribution is -2.21. The van der Waals surface area contributed by atoms with Crippen molar-refractivity contribution in [2.45, 2.75) is 13.0 Å². The third-order valence-electron chi connectivity index (χ3n) is 1.81. The molecule has 1 aromatic rings. The van der Waals surface area contributed by atoms with Crippen molar-refractivity contribution in [2.24, 2.45) is 0 Å². The predicted octanol–water partition coefficient (Wildman–Crippen LogP) is 2.55. The predicted molar refractivity (Wildman–Crippen MR) is 51.3 cm³/mol. The fraction of sp³-hybridized carbons (Fsp3) is 0.400. The molecule has 0 aromatic heterocycles. The second-order valence-electron chi connectivity index (χ2n) is 3.25. The average molecular weight is 219 g/mol. The van der Waals surface area contributed by atoms with Crippen molar-refractivity contribution in [1.29, 1.82) is 0 Å². The Morgan fingerprint density at radius 2 is 2.00 bits per heavy atom. The minimum Gasteiger partial charge on any atom is -0.383 e. The number of methoxy groups -OCH3 is 1. The van der Waals surface area contributed by atoms with Gasteiger partial charge in [-0.2, -0.15) is 0 Å². The standard InChI is InChI=1S/C10H12F3NO/c1-6(5-15-2)14-9-4-7(11)3-8(12)10(9)13/h3-4,6,14H,5H2,1-2H3. The number of hydrogen-bond acceptors (Lipinski definition) is 2. The Bertz CT molecular complexity index is 344. The molecule has 1 rings (SSSR count). The van der Waals surface area contributed by atoms with Crippen molar-refractivity contribution in [3.05, 3.63) is 29.6 Å². The Morgan fingerprint density at radius 3 is 2.60 bits per heavy atom. The van der Waals surface area contributed by atoms with Crippen LogP contribution in [0.1, 0.15) is 6.92 Å². The molecule has 0 saturated carbocycles. The van der Waals surface area contributed by atoms with Gasteiger partial charge in [0.15, 0.2) is 11.6 Å². The maximum Gasteiger partial charge on any atom is 0.182 e. The third-order valence-corrected chi connectivity index (χ3v) is 1.81. The van der Waals surface area contributed by atoms with Gasteiger partial charge >= 0.3 is 0 Å². The molecule has 84 valence electrons. The van der Waals surface area contributed by atoms with Crippen LogP contribution >= 0.6 is 0 Å². The van der Waals surface area contributed by atoms with Crippen molar-refractivity contribution < 1.29 is 17.9 Å². The van der Waals surface area contributed by atoms with Crippen molar-refractivity contribution in [3.63, 3.8) is 0 Å². The van der Waals surface area contributed by atoms with Crippen LogP contribution in [-0.4, -0.2) is 19.8 Å². The maximum absolute atomic E-state index is 13.1. The highest BCUT2D eigenvalue weighted by atomic mass is 19.2. The van der Waals surface area contributed by atoms with Gasteiger partial charge in [-0.1, -0.05) is 0 Å². The molecule has 0 saturated heterocycles. The number of halogens is 3. The summed E-state index contributed by atoms with van der Waals surface area (Å²) in [7, 11) is 1.49. The van der Waals surface area contributed by atoms with E-state index in [1.807, 2.05) is 0 Å². The van der Waals surface area contributed by atoms with Crippen LogP contribution in [0.3, 0.4) is 0 Å². The van der Waals surface area contributed by atoms with Gasteiger partial charge < -0.3 is 10.1 Å². The second-order valence-corrected chi connectivity index (χ2v) is 3.25. The highest BCUT2D eigenvalue weighted by molar-refractivity contribution is 5.46. The molecule has 15 heavy (non-hydrogen) atoms. The second kappa shape index (κ2) is 5.02. The summed E-state index contributed by atoms with van der Waals surface area (Å²) in [6.45, 7) is 2.03. The first-order valence-corrected chi connectivity index (χ1v) is 4.44. The summed E-state index contributed by atoms with van der Waals surface area (Å²) in [6, 6.07) is 1.18. The molecule has 1 aromatic carbocycles. The number of nitrogens with one attached hydrogen (secondary N) is 1. The van der Waals surface area contributed by atoms with Crippen molar-refractivity contribution in [1.82, 2.24) is 0 Å². The summed E-state index contributed by atoms with van der Waals surface area (Å²) >= 11 is 0. The summed E-state index contributed by atoms with van der Waals surface area (Å²) in [6.07, 6.45) is 0.